The highest BCUT2D eigenvalue weighted by Gasteiger charge is 2.17. The molecule has 5 nitrogen and oxygen atoms in total. The number of fused-ring (bicyclic) bond motifs is 1. The molecular formula is C22H24N2O3. The minimum Gasteiger partial charge on any atom is -0.483 e. The Hall–Kier alpha value is -2.89. The van der Waals surface area contributed by atoms with E-state index in [4.69, 9.17) is 10.5 Å². The van der Waals surface area contributed by atoms with E-state index in [-0.39, 0.29) is 12.6 Å². The number of nitrogens with one attached hydrogen (secondary N) is 1. The molecule has 0 fully saturated rings. The monoisotopic (exact) mass is 364 g/mol. The molecule has 140 valence electrons. The molecule has 0 aromatic heterocycles. The summed E-state index contributed by atoms with van der Waals surface area (Å²) in [4.78, 5) is 11.1. The number of hydrogen-bond acceptors (Lipinski definition) is 4. The van der Waals surface area contributed by atoms with E-state index in [0.29, 0.717) is 12.3 Å². The van der Waals surface area contributed by atoms with Crippen molar-refractivity contribution in [3.05, 3.63) is 77.9 Å². The Bertz CT molecular complexity index is 912. The second kappa shape index (κ2) is 8.66. The number of amides is 1. The lowest BCUT2D eigenvalue weighted by molar-refractivity contribution is -0.119. The summed E-state index contributed by atoms with van der Waals surface area (Å²) in [6.45, 7) is 2.25. The fourth-order valence-electron chi connectivity index (χ4n) is 3.10. The van der Waals surface area contributed by atoms with E-state index >= 15 is 0 Å². The summed E-state index contributed by atoms with van der Waals surface area (Å²) < 4.78 is 5.61. The first-order valence-electron chi connectivity index (χ1n) is 8.94. The van der Waals surface area contributed by atoms with Crippen LogP contribution in [0.2, 0.25) is 0 Å². The molecule has 0 radical (unpaired) electrons. The van der Waals surface area contributed by atoms with Gasteiger partial charge >= 0.3 is 0 Å². The highest BCUT2D eigenvalue weighted by atomic mass is 16.5. The van der Waals surface area contributed by atoms with Gasteiger partial charge in [-0.05, 0) is 29.3 Å². The van der Waals surface area contributed by atoms with Crippen molar-refractivity contribution in [1.29, 1.82) is 0 Å². The van der Waals surface area contributed by atoms with Crippen LogP contribution in [0.3, 0.4) is 0 Å². The topological polar surface area (TPSA) is 84.6 Å². The smallest absolute Gasteiger partial charge is 0.255 e. The molecular weight excluding hydrogens is 340 g/mol. The van der Waals surface area contributed by atoms with Crippen LogP contribution in [0, 0.1) is 0 Å². The van der Waals surface area contributed by atoms with Gasteiger partial charge in [-0.1, -0.05) is 60.7 Å². The number of benzene rings is 3. The van der Waals surface area contributed by atoms with Crippen molar-refractivity contribution in [2.75, 3.05) is 6.61 Å². The zero-order valence-electron chi connectivity index (χ0n) is 15.3. The Morgan fingerprint density at radius 3 is 2.52 bits per heavy atom. The molecule has 3 aromatic carbocycles. The zero-order valence-corrected chi connectivity index (χ0v) is 15.3. The standard InChI is InChI=1S/C22H24N2O3/c1-15(22(26)17-8-3-2-4-9-17)24-13-19-18-10-6-5-7-16(18)11-12-20(19)27-14-21(23)25/h2-12,15,22,24,26H,13-14H2,1H3,(H2,23,25). The van der Waals surface area contributed by atoms with Crippen LogP contribution < -0.4 is 15.8 Å². The molecule has 1 amide bonds. The van der Waals surface area contributed by atoms with Gasteiger partial charge in [0.15, 0.2) is 6.61 Å². The maximum atomic E-state index is 11.1. The van der Waals surface area contributed by atoms with E-state index in [0.717, 1.165) is 21.9 Å². The Kier molecular flexibility index (Phi) is 6.06. The Labute approximate surface area is 158 Å². The molecule has 3 rings (SSSR count). The molecule has 2 unspecified atom stereocenters. The lowest BCUT2D eigenvalue weighted by Crippen LogP contribution is -2.32. The van der Waals surface area contributed by atoms with Gasteiger partial charge in [0.1, 0.15) is 5.75 Å². The maximum Gasteiger partial charge on any atom is 0.255 e. The Balaban J connectivity index is 1.81. The Morgan fingerprint density at radius 1 is 1.07 bits per heavy atom. The summed E-state index contributed by atoms with van der Waals surface area (Å²) in [5, 5.41) is 16.1. The molecule has 4 N–H and O–H groups in total. The van der Waals surface area contributed by atoms with Crippen molar-refractivity contribution < 1.29 is 14.6 Å². The van der Waals surface area contributed by atoms with Gasteiger partial charge in [0.05, 0.1) is 6.10 Å². The van der Waals surface area contributed by atoms with Crippen molar-refractivity contribution in [2.24, 2.45) is 5.73 Å². The molecule has 2 atom stereocenters. The minimum absolute atomic E-state index is 0.171. The van der Waals surface area contributed by atoms with E-state index < -0.39 is 12.0 Å². The summed E-state index contributed by atoms with van der Waals surface area (Å²) in [7, 11) is 0. The quantitative estimate of drug-likeness (QED) is 0.574. The van der Waals surface area contributed by atoms with Crippen molar-refractivity contribution >= 4 is 16.7 Å². The highest BCUT2D eigenvalue weighted by Crippen LogP contribution is 2.28. The number of hydrogen-bond donors (Lipinski definition) is 3. The first kappa shape index (κ1) is 18.9. The average Bonchev–Trinajstić information content (AvgIpc) is 2.70. The molecule has 5 heteroatoms. The second-order valence-corrected chi connectivity index (χ2v) is 6.54. The van der Waals surface area contributed by atoms with Gasteiger partial charge in [0.25, 0.3) is 5.91 Å². The summed E-state index contributed by atoms with van der Waals surface area (Å²) in [6, 6.07) is 21.2. The number of carbonyl (C=O) groups is 1. The van der Waals surface area contributed by atoms with E-state index in [1.807, 2.05) is 73.7 Å². The van der Waals surface area contributed by atoms with Gasteiger partial charge in [0, 0.05) is 18.2 Å². The van der Waals surface area contributed by atoms with Crippen LogP contribution in [0.15, 0.2) is 66.7 Å². The van der Waals surface area contributed by atoms with Crippen LogP contribution in [0.25, 0.3) is 10.8 Å². The summed E-state index contributed by atoms with van der Waals surface area (Å²) in [5.74, 6) is 0.0938. The summed E-state index contributed by atoms with van der Waals surface area (Å²) in [5.41, 5.74) is 7.01. The van der Waals surface area contributed by atoms with E-state index in [1.54, 1.807) is 0 Å². The van der Waals surface area contributed by atoms with Crippen molar-refractivity contribution in [2.45, 2.75) is 25.6 Å². The van der Waals surface area contributed by atoms with Crippen LogP contribution in [0.1, 0.15) is 24.2 Å². The third-order valence-corrected chi connectivity index (χ3v) is 4.58. The van der Waals surface area contributed by atoms with E-state index in [2.05, 4.69) is 5.32 Å². The van der Waals surface area contributed by atoms with Crippen LogP contribution >= 0.6 is 0 Å². The van der Waals surface area contributed by atoms with Crippen molar-refractivity contribution in [3.8, 4) is 5.75 Å². The molecule has 0 aliphatic carbocycles. The zero-order chi connectivity index (χ0) is 19.2. The summed E-state index contributed by atoms with van der Waals surface area (Å²) in [6.07, 6.45) is -0.629. The van der Waals surface area contributed by atoms with Crippen LogP contribution in [0.5, 0.6) is 5.75 Å². The SMILES string of the molecule is CC(NCc1c(OCC(N)=O)ccc2ccccc12)C(O)c1ccccc1. The van der Waals surface area contributed by atoms with Crippen LogP contribution in [-0.4, -0.2) is 23.7 Å². The minimum atomic E-state index is -0.629. The van der Waals surface area contributed by atoms with Crippen molar-refractivity contribution in [3.63, 3.8) is 0 Å². The lowest BCUT2D eigenvalue weighted by atomic mass is 10.0. The molecule has 0 saturated carbocycles. The average molecular weight is 364 g/mol. The van der Waals surface area contributed by atoms with E-state index in [1.165, 1.54) is 0 Å². The Morgan fingerprint density at radius 2 is 1.78 bits per heavy atom. The number of rotatable bonds is 8. The molecule has 3 aromatic rings. The van der Waals surface area contributed by atoms with Gasteiger partial charge in [-0.2, -0.15) is 0 Å². The number of aliphatic hydroxyl groups excluding tert-OH is 1. The highest BCUT2D eigenvalue weighted by molar-refractivity contribution is 5.88. The number of nitrogens with two attached hydrogens (primary N) is 1. The largest absolute Gasteiger partial charge is 0.483 e. The van der Waals surface area contributed by atoms with Gasteiger partial charge in [0.2, 0.25) is 0 Å². The van der Waals surface area contributed by atoms with Crippen molar-refractivity contribution in [1.82, 2.24) is 5.32 Å². The predicted molar refractivity (Wildman–Crippen MR) is 106 cm³/mol. The van der Waals surface area contributed by atoms with Gasteiger partial charge in [-0.25, -0.2) is 0 Å². The second-order valence-electron chi connectivity index (χ2n) is 6.54. The number of ether oxygens (including phenoxy) is 1. The molecule has 0 bridgehead atoms. The maximum absolute atomic E-state index is 11.1. The van der Waals surface area contributed by atoms with Gasteiger partial charge in [-0.3, -0.25) is 4.79 Å². The van der Waals surface area contributed by atoms with Gasteiger partial charge < -0.3 is 20.9 Å². The van der Waals surface area contributed by atoms with Gasteiger partial charge in [-0.15, -0.1) is 0 Å². The molecule has 27 heavy (non-hydrogen) atoms. The lowest BCUT2D eigenvalue weighted by Gasteiger charge is -2.22. The molecule has 0 aliphatic heterocycles. The third-order valence-electron chi connectivity index (χ3n) is 4.58. The molecule has 0 saturated heterocycles. The molecule has 0 aliphatic rings. The fraction of sp³-hybridized carbons (Fsp3) is 0.227. The number of carbonyl (C=O) groups excluding carboxylic acids is 1. The number of aliphatic hydroxyl groups is 1. The predicted octanol–water partition coefficient (Wildman–Crippen LogP) is 2.92. The summed E-state index contributed by atoms with van der Waals surface area (Å²) >= 11 is 0. The third kappa shape index (κ3) is 4.64. The van der Waals surface area contributed by atoms with Crippen LogP contribution in [0.4, 0.5) is 0 Å². The van der Waals surface area contributed by atoms with E-state index in [9.17, 15) is 9.90 Å². The fourth-order valence-corrected chi connectivity index (χ4v) is 3.10. The molecule has 0 heterocycles. The number of primary amides is 1. The first-order valence-corrected chi connectivity index (χ1v) is 8.94. The molecule has 0 spiro atoms. The van der Waals surface area contributed by atoms with Crippen LogP contribution in [-0.2, 0) is 11.3 Å². The first-order chi connectivity index (χ1) is 13.1. The normalized spacial score (nSPS) is 13.3.